The van der Waals surface area contributed by atoms with Crippen molar-refractivity contribution < 1.29 is 0 Å². The van der Waals surface area contributed by atoms with Crippen LogP contribution in [0.5, 0.6) is 0 Å². The highest BCUT2D eigenvalue weighted by Gasteiger charge is 2.32. The number of rotatable bonds is 7. The number of piperidine rings is 2. The number of hydrogen-bond acceptors (Lipinski definition) is 5. The fourth-order valence-electron chi connectivity index (χ4n) is 4.86. The quantitative estimate of drug-likeness (QED) is 0.720. The molecule has 3 saturated heterocycles. The fourth-order valence-corrected chi connectivity index (χ4v) is 6.17. The minimum absolute atomic E-state index is 0.499. The summed E-state index contributed by atoms with van der Waals surface area (Å²) in [6.07, 6.45) is 8.29. The lowest BCUT2D eigenvalue weighted by Crippen LogP contribution is -2.50. The molecule has 0 aliphatic carbocycles. The predicted molar refractivity (Wildman–Crippen MR) is 114 cm³/mol. The molecule has 152 valence electrons. The molecule has 0 bridgehead atoms. The Bertz CT molecular complexity index is 421. The number of nitrogens with one attached hydrogen (secondary N) is 1. The summed E-state index contributed by atoms with van der Waals surface area (Å²) in [6, 6.07) is 1.50. The Kier molecular flexibility index (Phi) is 8.13. The van der Waals surface area contributed by atoms with Crippen LogP contribution >= 0.6 is 11.8 Å². The van der Waals surface area contributed by atoms with Gasteiger partial charge >= 0.3 is 0 Å². The van der Waals surface area contributed by atoms with Crippen molar-refractivity contribution >= 4 is 11.8 Å². The van der Waals surface area contributed by atoms with Crippen LogP contribution in [0.2, 0.25) is 0 Å². The van der Waals surface area contributed by atoms with Crippen LogP contribution < -0.4 is 5.32 Å². The van der Waals surface area contributed by atoms with E-state index in [9.17, 15) is 0 Å². The van der Waals surface area contributed by atoms with Crippen LogP contribution in [-0.2, 0) is 0 Å². The number of nitrogens with zero attached hydrogens (tertiary/aromatic N) is 3. The van der Waals surface area contributed by atoms with E-state index in [2.05, 4.69) is 59.5 Å². The zero-order valence-corrected chi connectivity index (χ0v) is 18.4. The minimum atomic E-state index is 0.499. The van der Waals surface area contributed by atoms with Crippen molar-refractivity contribution in [3.05, 3.63) is 0 Å². The van der Waals surface area contributed by atoms with E-state index in [0.717, 1.165) is 37.1 Å². The molecule has 0 saturated carbocycles. The first-order valence-corrected chi connectivity index (χ1v) is 12.2. The highest BCUT2D eigenvalue weighted by molar-refractivity contribution is 7.99. The van der Waals surface area contributed by atoms with Crippen LogP contribution in [-0.4, -0.2) is 71.0 Å². The smallest absolute Gasteiger partial charge is 0.110 e. The molecule has 5 atom stereocenters. The third kappa shape index (κ3) is 5.38. The zero-order valence-electron chi connectivity index (χ0n) is 17.6. The Labute approximate surface area is 166 Å². The third-order valence-corrected chi connectivity index (χ3v) is 8.44. The van der Waals surface area contributed by atoms with Crippen molar-refractivity contribution in [2.24, 2.45) is 11.8 Å². The Morgan fingerprint density at radius 3 is 2.12 bits per heavy atom. The maximum absolute atomic E-state index is 3.75. The van der Waals surface area contributed by atoms with Gasteiger partial charge in [-0.3, -0.25) is 20.0 Å². The Hall–Kier alpha value is 0.190. The second-order valence-corrected chi connectivity index (χ2v) is 10.0. The van der Waals surface area contributed by atoms with Gasteiger partial charge in [0.05, 0.1) is 6.67 Å². The highest BCUT2D eigenvalue weighted by atomic mass is 32.2. The van der Waals surface area contributed by atoms with Gasteiger partial charge in [0, 0.05) is 44.1 Å². The molecule has 3 heterocycles. The van der Waals surface area contributed by atoms with Crippen molar-refractivity contribution in [1.29, 1.82) is 0 Å². The first-order valence-electron chi connectivity index (χ1n) is 11.2. The largest absolute Gasteiger partial charge is 0.292 e. The Balaban J connectivity index is 1.48. The van der Waals surface area contributed by atoms with Gasteiger partial charge in [0.2, 0.25) is 0 Å². The van der Waals surface area contributed by atoms with Crippen molar-refractivity contribution in [1.82, 2.24) is 20.0 Å². The molecule has 0 spiro atoms. The number of hydrogen-bond donors (Lipinski definition) is 1. The predicted octanol–water partition coefficient (Wildman–Crippen LogP) is 3.84. The lowest BCUT2D eigenvalue weighted by atomic mass is 9.92. The van der Waals surface area contributed by atoms with Gasteiger partial charge in [-0.25, -0.2) is 0 Å². The normalized spacial score (nSPS) is 38.1. The second-order valence-electron chi connectivity index (χ2n) is 9.00. The van der Waals surface area contributed by atoms with Crippen LogP contribution in [0.15, 0.2) is 0 Å². The molecule has 4 nitrogen and oxygen atoms in total. The molecule has 0 aromatic heterocycles. The van der Waals surface area contributed by atoms with E-state index in [0.29, 0.717) is 5.50 Å². The van der Waals surface area contributed by atoms with Gasteiger partial charge in [-0.05, 0) is 51.4 Å². The van der Waals surface area contributed by atoms with Gasteiger partial charge in [0.1, 0.15) is 5.50 Å². The molecule has 5 unspecified atom stereocenters. The molecule has 0 aromatic carbocycles. The summed E-state index contributed by atoms with van der Waals surface area (Å²) in [7, 11) is 0. The fraction of sp³-hybridized carbons (Fsp3) is 1.00. The molecule has 0 amide bonds. The van der Waals surface area contributed by atoms with Crippen molar-refractivity contribution in [2.75, 3.05) is 38.7 Å². The van der Waals surface area contributed by atoms with Crippen LogP contribution in [0.25, 0.3) is 0 Å². The minimum Gasteiger partial charge on any atom is -0.292 e. The van der Waals surface area contributed by atoms with Gasteiger partial charge < -0.3 is 0 Å². The zero-order chi connectivity index (χ0) is 18.5. The summed E-state index contributed by atoms with van der Waals surface area (Å²) < 4.78 is 0. The Morgan fingerprint density at radius 1 is 0.846 bits per heavy atom. The summed E-state index contributed by atoms with van der Waals surface area (Å²) >= 11 is 2.13. The maximum atomic E-state index is 3.75. The molecule has 1 N–H and O–H groups in total. The Morgan fingerprint density at radius 2 is 1.46 bits per heavy atom. The summed E-state index contributed by atoms with van der Waals surface area (Å²) in [4.78, 5) is 8.16. The standard InChI is InChI=1S/C21H42N4S/c1-5-19-9-7-17(3)24(13-19)15-23-12-11-22-21(23)26-16-25-14-20(6-2)10-8-18(25)4/h17-22H,5-16H2,1-4H3. The lowest BCUT2D eigenvalue weighted by molar-refractivity contribution is 0.0548. The van der Waals surface area contributed by atoms with Gasteiger partial charge in [-0.1, -0.05) is 26.7 Å². The van der Waals surface area contributed by atoms with Gasteiger partial charge in [-0.2, -0.15) is 0 Å². The summed E-state index contributed by atoms with van der Waals surface area (Å²) in [5, 5.41) is 3.75. The van der Waals surface area contributed by atoms with E-state index in [-0.39, 0.29) is 0 Å². The summed E-state index contributed by atoms with van der Waals surface area (Å²) in [6.45, 7) is 15.7. The molecular weight excluding hydrogens is 340 g/mol. The van der Waals surface area contributed by atoms with Crippen LogP contribution in [0.3, 0.4) is 0 Å². The second kappa shape index (κ2) is 10.1. The van der Waals surface area contributed by atoms with E-state index >= 15 is 0 Å². The average Bonchev–Trinajstić information content (AvgIpc) is 3.10. The average molecular weight is 383 g/mol. The van der Waals surface area contributed by atoms with Crippen molar-refractivity contribution in [3.8, 4) is 0 Å². The van der Waals surface area contributed by atoms with Crippen molar-refractivity contribution in [3.63, 3.8) is 0 Å². The maximum Gasteiger partial charge on any atom is 0.110 e. The van der Waals surface area contributed by atoms with E-state index in [1.54, 1.807) is 0 Å². The summed E-state index contributed by atoms with van der Waals surface area (Å²) in [5.41, 5.74) is 0.499. The first-order chi connectivity index (χ1) is 12.6. The van der Waals surface area contributed by atoms with Gasteiger partial charge in [0.25, 0.3) is 0 Å². The summed E-state index contributed by atoms with van der Waals surface area (Å²) in [5.74, 6) is 3.01. The van der Waals surface area contributed by atoms with E-state index < -0.39 is 0 Å². The molecule has 3 aliphatic rings. The van der Waals surface area contributed by atoms with Crippen LogP contribution in [0, 0.1) is 11.8 Å². The lowest BCUT2D eigenvalue weighted by Gasteiger charge is -2.41. The SMILES string of the molecule is CCC1CCC(C)N(CSC2NCCN2CN2CC(CC)CCC2C)C1. The highest BCUT2D eigenvalue weighted by Crippen LogP contribution is 2.29. The van der Waals surface area contributed by atoms with Crippen LogP contribution in [0.4, 0.5) is 0 Å². The molecule has 26 heavy (non-hydrogen) atoms. The topological polar surface area (TPSA) is 21.8 Å². The van der Waals surface area contributed by atoms with Gasteiger partial charge in [0.15, 0.2) is 0 Å². The molecule has 3 rings (SSSR count). The third-order valence-electron chi connectivity index (χ3n) is 7.18. The number of likely N-dealkylation sites (tertiary alicyclic amines) is 2. The first kappa shape index (κ1) is 20.9. The molecule has 3 aliphatic heterocycles. The molecule has 5 heteroatoms. The van der Waals surface area contributed by atoms with E-state index in [1.165, 1.54) is 64.0 Å². The monoisotopic (exact) mass is 382 g/mol. The van der Waals surface area contributed by atoms with Crippen molar-refractivity contribution in [2.45, 2.75) is 83.8 Å². The van der Waals surface area contributed by atoms with E-state index in [1.807, 2.05) is 0 Å². The molecule has 3 fully saturated rings. The number of thioether (sulfide) groups is 1. The van der Waals surface area contributed by atoms with Crippen LogP contribution in [0.1, 0.15) is 66.2 Å². The molecule has 0 aromatic rings. The molecule has 0 radical (unpaired) electrons. The van der Waals surface area contributed by atoms with Gasteiger partial charge in [-0.15, -0.1) is 11.8 Å². The molecular formula is C21H42N4S. The van der Waals surface area contributed by atoms with E-state index in [4.69, 9.17) is 0 Å².